The number of H-pyrrole nitrogens is 2. The van der Waals surface area contributed by atoms with Crippen molar-refractivity contribution >= 4 is 27.5 Å². The highest BCUT2D eigenvalue weighted by Gasteiger charge is 2.13. The zero-order valence-corrected chi connectivity index (χ0v) is 9.63. The molecule has 3 aromatic heterocycles. The summed E-state index contributed by atoms with van der Waals surface area (Å²) in [6.45, 7) is 1.95. The van der Waals surface area contributed by atoms with E-state index in [0.717, 1.165) is 20.8 Å². The Morgan fingerprint density at radius 3 is 2.82 bits per heavy atom. The van der Waals surface area contributed by atoms with Gasteiger partial charge in [0, 0.05) is 11.1 Å². The minimum Gasteiger partial charge on any atom is -0.476 e. The molecular formula is C10H8N4O2S. The molecule has 86 valence electrons. The summed E-state index contributed by atoms with van der Waals surface area (Å²) in [5.74, 6) is -1.04. The first kappa shape index (κ1) is 10.0. The Labute approximate surface area is 99.3 Å². The van der Waals surface area contributed by atoms with Crippen molar-refractivity contribution in [2.45, 2.75) is 6.92 Å². The topological polar surface area (TPSA) is 94.7 Å². The van der Waals surface area contributed by atoms with Crippen molar-refractivity contribution in [1.82, 2.24) is 20.4 Å². The molecule has 0 unspecified atom stereocenters. The zero-order valence-electron chi connectivity index (χ0n) is 8.81. The predicted molar refractivity (Wildman–Crippen MR) is 63.2 cm³/mol. The Kier molecular flexibility index (Phi) is 2.02. The highest BCUT2D eigenvalue weighted by atomic mass is 32.1. The van der Waals surface area contributed by atoms with Gasteiger partial charge in [-0.1, -0.05) is 0 Å². The molecule has 17 heavy (non-hydrogen) atoms. The van der Waals surface area contributed by atoms with Gasteiger partial charge in [0.1, 0.15) is 4.83 Å². The molecule has 0 saturated carbocycles. The molecule has 0 saturated heterocycles. The Hall–Kier alpha value is -2.15. The fraction of sp³-hybridized carbons (Fsp3) is 0.100. The molecular weight excluding hydrogens is 240 g/mol. The molecule has 0 aliphatic carbocycles. The number of fused-ring (bicyclic) bond motifs is 1. The lowest BCUT2D eigenvalue weighted by molar-refractivity contribution is 0.0690. The lowest BCUT2D eigenvalue weighted by Gasteiger charge is -1.87. The van der Waals surface area contributed by atoms with Crippen molar-refractivity contribution in [2.24, 2.45) is 0 Å². The number of aromatic amines is 2. The van der Waals surface area contributed by atoms with Gasteiger partial charge in [-0.15, -0.1) is 11.3 Å². The van der Waals surface area contributed by atoms with Crippen LogP contribution in [0.1, 0.15) is 16.2 Å². The molecule has 3 N–H and O–H groups in total. The molecule has 6 nitrogen and oxygen atoms in total. The summed E-state index contributed by atoms with van der Waals surface area (Å²) >= 11 is 1.49. The average Bonchev–Trinajstić information content (AvgIpc) is 2.95. The molecule has 0 spiro atoms. The van der Waals surface area contributed by atoms with Crippen LogP contribution in [0.25, 0.3) is 20.8 Å². The van der Waals surface area contributed by atoms with E-state index >= 15 is 0 Å². The van der Waals surface area contributed by atoms with Gasteiger partial charge in [-0.2, -0.15) is 10.2 Å². The minimum atomic E-state index is -1.04. The minimum absolute atomic E-state index is 0.0179. The van der Waals surface area contributed by atoms with E-state index in [1.807, 2.05) is 13.0 Å². The molecule has 0 bridgehead atoms. The number of hydrogen-bond acceptors (Lipinski definition) is 4. The van der Waals surface area contributed by atoms with Crippen LogP contribution in [-0.4, -0.2) is 31.5 Å². The van der Waals surface area contributed by atoms with Gasteiger partial charge in [0.25, 0.3) is 0 Å². The number of rotatable bonds is 2. The lowest BCUT2D eigenvalue weighted by Crippen LogP contribution is -1.95. The number of aromatic carboxylic acids is 1. The summed E-state index contributed by atoms with van der Waals surface area (Å²) < 4.78 is 0. The second-order valence-electron chi connectivity index (χ2n) is 3.65. The highest BCUT2D eigenvalue weighted by Crippen LogP contribution is 2.32. The van der Waals surface area contributed by atoms with Crippen LogP contribution in [0.5, 0.6) is 0 Å². The standard InChI is InChI=1S/C10H8N4O2S/c1-4-5-2-8(17-9(5)14-11-4)6-3-7(10(15)16)13-12-6/h2-3H,1H3,(H,11,14)(H,12,13)(H,15,16). The summed E-state index contributed by atoms with van der Waals surface area (Å²) in [7, 11) is 0. The first-order valence-electron chi connectivity index (χ1n) is 4.89. The molecule has 0 aliphatic rings. The van der Waals surface area contributed by atoms with Crippen LogP contribution >= 0.6 is 11.3 Å². The van der Waals surface area contributed by atoms with Gasteiger partial charge in [-0.05, 0) is 19.1 Å². The lowest BCUT2D eigenvalue weighted by atomic mass is 10.2. The van der Waals surface area contributed by atoms with E-state index in [2.05, 4.69) is 20.4 Å². The van der Waals surface area contributed by atoms with E-state index in [9.17, 15) is 4.79 Å². The summed E-state index contributed by atoms with van der Waals surface area (Å²) in [5.41, 5.74) is 1.72. The Morgan fingerprint density at radius 1 is 1.35 bits per heavy atom. The Morgan fingerprint density at radius 2 is 2.18 bits per heavy atom. The average molecular weight is 248 g/mol. The fourth-order valence-electron chi connectivity index (χ4n) is 1.62. The fourth-order valence-corrected chi connectivity index (χ4v) is 2.63. The maximum Gasteiger partial charge on any atom is 0.356 e. The van der Waals surface area contributed by atoms with E-state index in [0.29, 0.717) is 5.69 Å². The summed E-state index contributed by atoms with van der Waals surface area (Å²) in [4.78, 5) is 12.6. The molecule has 0 aromatic carbocycles. The molecule has 3 aromatic rings. The number of nitrogens with zero attached hydrogens (tertiary/aromatic N) is 2. The second kappa shape index (κ2) is 3.42. The van der Waals surface area contributed by atoms with Gasteiger partial charge < -0.3 is 5.11 Å². The largest absolute Gasteiger partial charge is 0.476 e. The van der Waals surface area contributed by atoms with Crippen molar-refractivity contribution in [2.75, 3.05) is 0 Å². The summed E-state index contributed by atoms with van der Waals surface area (Å²) in [5, 5.41) is 23.3. The van der Waals surface area contributed by atoms with Gasteiger partial charge in [-0.25, -0.2) is 4.79 Å². The predicted octanol–water partition coefficient (Wildman–Crippen LogP) is 2.02. The van der Waals surface area contributed by atoms with Crippen molar-refractivity contribution < 1.29 is 9.90 Å². The van der Waals surface area contributed by atoms with Gasteiger partial charge in [0.2, 0.25) is 0 Å². The third-order valence-electron chi connectivity index (χ3n) is 2.50. The zero-order chi connectivity index (χ0) is 12.0. The molecule has 3 rings (SSSR count). The molecule has 0 amide bonds. The van der Waals surface area contributed by atoms with Crippen LogP contribution in [0.15, 0.2) is 12.1 Å². The third-order valence-corrected chi connectivity index (χ3v) is 3.57. The first-order chi connectivity index (χ1) is 8.15. The molecule has 0 fully saturated rings. The molecule has 0 aliphatic heterocycles. The molecule has 0 radical (unpaired) electrons. The summed E-state index contributed by atoms with van der Waals surface area (Å²) in [6, 6.07) is 3.49. The van der Waals surface area contributed by atoms with Gasteiger partial charge in [0.15, 0.2) is 5.69 Å². The van der Waals surface area contributed by atoms with Crippen molar-refractivity contribution in [3.63, 3.8) is 0 Å². The molecule has 3 heterocycles. The van der Waals surface area contributed by atoms with Crippen molar-refractivity contribution in [1.29, 1.82) is 0 Å². The van der Waals surface area contributed by atoms with Crippen LogP contribution in [0.4, 0.5) is 0 Å². The van der Waals surface area contributed by atoms with Gasteiger partial charge >= 0.3 is 5.97 Å². The van der Waals surface area contributed by atoms with E-state index in [1.54, 1.807) is 0 Å². The number of carbonyl (C=O) groups is 1. The van der Waals surface area contributed by atoms with Crippen LogP contribution in [0.3, 0.4) is 0 Å². The van der Waals surface area contributed by atoms with E-state index in [4.69, 9.17) is 5.11 Å². The smallest absolute Gasteiger partial charge is 0.356 e. The number of aromatic nitrogens is 4. The summed E-state index contributed by atoms with van der Waals surface area (Å²) in [6.07, 6.45) is 0. The Balaban J connectivity index is 2.10. The third kappa shape index (κ3) is 1.51. The number of nitrogens with one attached hydrogen (secondary N) is 2. The SMILES string of the molecule is Cc1[nH]nc2sc(-c3cc(C(=O)O)n[nH]3)cc12. The number of carboxylic acids is 1. The quantitative estimate of drug-likeness (QED) is 0.646. The Bertz CT molecular complexity index is 709. The van der Waals surface area contributed by atoms with Crippen LogP contribution < -0.4 is 0 Å². The maximum absolute atomic E-state index is 10.7. The first-order valence-corrected chi connectivity index (χ1v) is 5.70. The van der Waals surface area contributed by atoms with Gasteiger partial charge in [-0.3, -0.25) is 10.2 Å². The van der Waals surface area contributed by atoms with E-state index in [-0.39, 0.29) is 5.69 Å². The van der Waals surface area contributed by atoms with Crippen molar-refractivity contribution in [3.8, 4) is 10.6 Å². The van der Waals surface area contributed by atoms with Crippen LogP contribution in [0.2, 0.25) is 0 Å². The van der Waals surface area contributed by atoms with Crippen LogP contribution in [0, 0.1) is 6.92 Å². The van der Waals surface area contributed by atoms with Crippen molar-refractivity contribution in [3.05, 3.63) is 23.5 Å². The number of aryl methyl sites for hydroxylation is 1. The second-order valence-corrected chi connectivity index (χ2v) is 4.68. The highest BCUT2D eigenvalue weighted by molar-refractivity contribution is 7.21. The number of carboxylic acid groups (broad SMARTS) is 1. The van der Waals surface area contributed by atoms with Gasteiger partial charge in [0.05, 0.1) is 10.6 Å². The number of thiophene rings is 1. The van der Waals surface area contributed by atoms with E-state index in [1.165, 1.54) is 17.4 Å². The monoisotopic (exact) mass is 248 g/mol. The normalized spacial score (nSPS) is 11.1. The van der Waals surface area contributed by atoms with Crippen LogP contribution in [-0.2, 0) is 0 Å². The number of hydrogen-bond donors (Lipinski definition) is 3. The molecule has 7 heteroatoms. The molecule has 0 atom stereocenters. The maximum atomic E-state index is 10.7. The van der Waals surface area contributed by atoms with E-state index < -0.39 is 5.97 Å².